The van der Waals surface area contributed by atoms with Crippen molar-refractivity contribution in [3.05, 3.63) is 29.1 Å². The molecule has 0 aliphatic rings. The van der Waals surface area contributed by atoms with E-state index in [4.69, 9.17) is 9.84 Å². The molecule has 0 saturated carbocycles. The van der Waals surface area contributed by atoms with E-state index in [1.165, 1.54) is 13.2 Å². The molecule has 1 aromatic carbocycles. The Bertz CT molecular complexity index is 413. The Hall–Kier alpha value is -1.58. The van der Waals surface area contributed by atoms with Gasteiger partial charge in [0.05, 0.1) is 7.11 Å². The van der Waals surface area contributed by atoms with Crippen LogP contribution in [0.3, 0.4) is 0 Å². The minimum atomic E-state index is -0.901. The first-order valence-corrected chi connectivity index (χ1v) is 5.53. The molecule has 0 atom stereocenters. The van der Waals surface area contributed by atoms with Gasteiger partial charge in [0.25, 0.3) is 0 Å². The summed E-state index contributed by atoms with van der Waals surface area (Å²) in [6.45, 7) is 3.92. The summed E-state index contributed by atoms with van der Waals surface area (Å²) in [4.78, 5) is 10.5. The first kappa shape index (κ1) is 13.5. The number of aliphatic carboxylic acids is 1. The molecule has 0 bridgehead atoms. The lowest BCUT2D eigenvalue weighted by atomic mass is 9.98. The number of carbonyl (C=O) groups is 1. The van der Waals surface area contributed by atoms with E-state index in [9.17, 15) is 9.18 Å². The summed E-state index contributed by atoms with van der Waals surface area (Å²) in [5, 5.41) is 8.65. The van der Waals surface area contributed by atoms with Crippen molar-refractivity contribution in [2.24, 2.45) is 0 Å². The summed E-state index contributed by atoms with van der Waals surface area (Å²) in [5.74, 6) is -0.990. The van der Waals surface area contributed by atoms with E-state index in [1.54, 1.807) is 0 Å². The maximum atomic E-state index is 13.7. The lowest BCUT2D eigenvalue weighted by Crippen LogP contribution is -2.03. The Kier molecular flexibility index (Phi) is 4.49. The van der Waals surface area contributed by atoms with Crippen LogP contribution in [0.2, 0.25) is 0 Å². The predicted molar refractivity (Wildman–Crippen MR) is 63.0 cm³/mol. The highest BCUT2D eigenvalue weighted by Crippen LogP contribution is 2.28. The van der Waals surface area contributed by atoms with Crippen LogP contribution >= 0.6 is 0 Å². The topological polar surface area (TPSA) is 46.5 Å². The molecule has 3 nitrogen and oxygen atoms in total. The SMILES string of the molecule is COc1c(F)cc(C(C)C)cc1CCC(=O)O. The lowest BCUT2D eigenvalue weighted by molar-refractivity contribution is -0.136. The number of rotatable bonds is 5. The highest BCUT2D eigenvalue weighted by molar-refractivity contribution is 5.67. The van der Waals surface area contributed by atoms with Gasteiger partial charge in [-0.3, -0.25) is 4.79 Å². The van der Waals surface area contributed by atoms with Crippen molar-refractivity contribution < 1.29 is 19.0 Å². The van der Waals surface area contributed by atoms with Gasteiger partial charge in [0, 0.05) is 6.42 Å². The van der Waals surface area contributed by atoms with Crippen LogP contribution in [0.25, 0.3) is 0 Å². The van der Waals surface area contributed by atoms with Gasteiger partial charge in [-0.05, 0) is 29.5 Å². The molecule has 0 amide bonds. The summed E-state index contributed by atoms with van der Waals surface area (Å²) in [6, 6.07) is 3.25. The van der Waals surface area contributed by atoms with Crippen molar-refractivity contribution in [3.63, 3.8) is 0 Å². The van der Waals surface area contributed by atoms with E-state index in [0.717, 1.165) is 5.56 Å². The van der Waals surface area contributed by atoms with Gasteiger partial charge in [0.1, 0.15) is 0 Å². The average Bonchev–Trinajstić information content (AvgIpc) is 2.25. The number of ether oxygens (including phenoxy) is 1. The smallest absolute Gasteiger partial charge is 0.303 e. The minimum Gasteiger partial charge on any atom is -0.493 e. The van der Waals surface area contributed by atoms with Gasteiger partial charge in [0.2, 0.25) is 0 Å². The Balaban J connectivity index is 3.09. The quantitative estimate of drug-likeness (QED) is 0.860. The van der Waals surface area contributed by atoms with Gasteiger partial charge in [-0.2, -0.15) is 0 Å². The number of methoxy groups -OCH3 is 1. The molecule has 0 aromatic heterocycles. The van der Waals surface area contributed by atoms with E-state index in [0.29, 0.717) is 5.56 Å². The molecule has 0 unspecified atom stereocenters. The number of carboxylic acid groups (broad SMARTS) is 1. The molecule has 0 fully saturated rings. The molecule has 0 saturated heterocycles. The first-order chi connectivity index (χ1) is 7.95. The van der Waals surface area contributed by atoms with Gasteiger partial charge in [0.15, 0.2) is 11.6 Å². The number of halogens is 1. The van der Waals surface area contributed by atoms with Gasteiger partial charge >= 0.3 is 5.97 Å². The molecule has 1 N–H and O–H groups in total. The number of hydrogen-bond donors (Lipinski definition) is 1. The molecule has 4 heteroatoms. The number of hydrogen-bond acceptors (Lipinski definition) is 2. The van der Waals surface area contributed by atoms with Crippen molar-refractivity contribution in [1.29, 1.82) is 0 Å². The zero-order valence-corrected chi connectivity index (χ0v) is 10.3. The Morgan fingerprint density at radius 1 is 1.47 bits per heavy atom. The second-order valence-corrected chi connectivity index (χ2v) is 4.24. The Morgan fingerprint density at radius 2 is 2.12 bits per heavy atom. The predicted octanol–water partition coefficient (Wildman–Crippen LogP) is 2.97. The molecule has 0 aliphatic heterocycles. The van der Waals surface area contributed by atoms with E-state index in [1.807, 2.05) is 19.9 Å². The molecular formula is C13H17FO3. The fourth-order valence-electron chi connectivity index (χ4n) is 1.66. The van der Waals surface area contributed by atoms with Crippen LogP contribution in [0.4, 0.5) is 4.39 Å². The van der Waals surface area contributed by atoms with Crippen molar-refractivity contribution in [1.82, 2.24) is 0 Å². The van der Waals surface area contributed by atoms with Gasteiger partial charge in [-0.1, -0.05) is 19.9 Å². The number of aryl methyl sites for hydroxylation is 1. The second kappa shape index (κ2) is 5.66. The van der Waals surface area contributed by atoms with E-state index >= 15 is 0 Å². The van der Waals surface area contributed by atoms with Crippen molar-refractivity contribution >= 4 is 5.97 Å². The molecule has 0 spiro atoms. The second-order valence-electron chi connectivity index (χ2n) is 4.24. The maximum absolute atomic E-state index is 13.7. The van der Waals surface area contributed by atoms with Crippen LogP contribution in [0.1, 0.15) is 37.3 Å². The summed E-state index contributed by atoms with van der Waals surface area (Å²) in [6.07, 6.45) is 0.243. The van der Waals surface area contributed by atoms with Crippen molar-refractivity contribution in [2.45, 2.75) is 32.6 Å². The van der Waals surface area contributed by atoms with Crippen LogP contribution < -0.4 is 4.74 Å². The molecule has 0 aliphatic carbocycles. The first-order valence-electron chi connectivity index (χ1n) is 5.53. The molecule has 1 rings (SSSR count). The third-order valence-corrected chi connectivity index (χ3v) is 2.62. The third kappa shape index (κ3) is 3.44. The van der Waals surface area contributed by atoms with Gasteiger partial charge < -0.3 is 9.84 Å². The Morgan fingerprint density at radius 3 is 2.59 bits per heavy atom. The van der Waals surface area contributed by atoms with Gasteiger partial charge in [-0.15, -0.1) is 0 Å². The van der Waals surface area contributed by atoms with Gasteiger partial charge in [-0.25, -0.2) is 4.39 Å². The zero-order chi connectivity index (χ0) is 13.0. The number of benzene rings is 1. The average molecular weight is 240 g/mol. The van der Waals surface area contributed by atoms with Crippen LogP contribution in [-0.2, 0) is 11.2 Å². The van der Waals surface area contributed by atoms with Crippen LogP contribution in [0, 0.1) is 5.82 Å². The van der Waals surface area contributed by atoms with Crippen LogP contribution in [0.5, 0.6) is 5.75 Å². The molecule has 0 heterocycles. The monoisotopic (exact) mass is 240 g/mol. The highest BCUT2D eigenvalue weighted by Gasteiger charge is 2.14. The van der Waals surface area contributed by atoms with E-state index < -0.39 is 11.8 Å². The zero-order valence-electron chi connectivity index (χ0n) is 10.3. The molecule has 0 radical (unpaired) electrons. The van der Waals surface area contributed by atoms with Crippen molar-refractivity contribution in [2.75, 3.05) is 7.11 Å². The summed E-state index contributed by atoms with van der Waals surface area (Å²) in [5.41, 5.74) is 1.46. The van der Waals surface area contributed by atoms with E-state index in [2.05, 4.69) is 0 Å². The summed E-state index contributed by atoms with van der Waals surface area (Å²) in [7, 11) is 1.39. The third-order valence-electron chi connectivity index (χ3n) is 2.62. The summed E-state index contributed by atoms with van der Waals surface area (Å²) < 4.78 is 18.7. The molecule has 1 aromatic rings. The lowest BCUT2D eigenvalue weighted by Gasteiger charge is -2.13. The Labute approximate surface area is 100 Å². The maximum Gasteiger partial charge on any atom is 0.303 e. The van der Waals surface area contributed by atoms with Crippen molar-refractivity contribution in [3.8, 4) is 5.75 Å². The normalized spacial score (nSPS) is 10.6. The van der Waals surface area contributed by atoms with Crippen LogP contribution in [0.15, 0.2) is 12.1 Å². The molecule has 94 valence electrons. The highest BCUT2D eigenvalue weighted by atomic mass is 19.1. The number of carboxylic acids is 1. The van der Waals surface area contributed by atoms with Crippen LogP contribution in [-0.4, -0.2) is 18.2 Å². The largest absolute Gasteiger partial charge is 0.493 e. The standard InChI is InChI=1S/C13H17FO3/c1-8(2)10-6-9(4-5-12(15)16)13(17-3)11(14)7-10/h6-8H,4-5H2,1-3H3,(H,15,16). The fraction of sp³-hybridized carbons (Fsp3) is 0.462. The van der Waals surface area contributed by atoms with E-state index in [-0.39, 0.29) is 24.5 Å². The summed E-state index contributed by atoms with van der Waals surface area (Å²) >= 11 is 0. The fourth-order valence-corrected chi connectivity index (χ4v) is 1.66. The minimum absolute atomic E-state index is 0.0304. The molecular weight excluding hydrogens is 223 g/mol. The molecule has 17 heavy (non-hydrogen) atoms.